The predicted octanol–water partition coefficient (Wildman–Crippen LogP) is 13.0. The highest BCUT2D eigenvalue weighted by Gasteiger charge is 2.51. The molecule has 1 heteroatoms. The zero-order valence-corrected chi connectivity index (χ0v) is 28.7. The van der Waals surface area contributed by atoms with Gasteiger partial charge >= 0.3 is 0 Å². The molecule has 0 bridgehead atoms. The summed E-state index contributed by atoms with van der Waals surface area (Å²) < 4.78 is 0. The number of hydrogen-bond donors (Lipinski definition) is 0. The molecule has 0 unspecified atom stereocenters. The van der Waals surface area contributed by atoms with E-state index in [-0.39, 0.29) is 10.8 Å². The fourth-order valence-electron chi connectivity index (χ4n) is 9.82. The van der Waals surface area contributed by atoms with Crippen LogP contribution in [-0.4, -0.2) is 0 Å². The molecule has 8 aromatic carbocycles. The number of fused-ring (bicyclic) bond motifs is 14. The maximum atomic E-state index is 2.50. The Balaban J connectivity index is 1.14. The summed E-state index contributed by atoms with van der Waals surface area (Å²) in [7, 11) is 0. The van der Waals surface area contributed by atoms with Gasteiger partial charge in [0.05, 0.1) is 5.41 Å². The van der Waals surface area contributed by atoms with E-state index >= 15 is 0 Å². The molecule has 0 N–H and O–H groups in total. The van der Waals surface area contributed by atoms with Gasteiger partial charge in [-0.2, -0.15) is 0 Å². The molecule has 0 heterocycles. The molecule has 1 nitrogen and oxygen atoms in total. The van der Waals surface area contributed by atoms with Crippen molar-refractivity contribution in [1.29, 1.82) is 0 Å². The largest absolute Gasteiger partial charge is 0.310 e. The van der Waals surface area contributed by atoms with Gasteiger partial charge in [-0.05, 0) is 126 Å². The van der Waals surface area contributed by atoms with Crippen LogP contribution in [0.25, 0.3) is 44.2 Å². The fourth-order valence-corrected chi connectivity index (χ4v) is 9.82. The van der Waals surface area contributed by atoms with Crippen molar-refractivity contribution in [3.05, 3.63) is 209 Å². The third kappa shape index (κ3) is 3.71. The Morgan fingerprint density at radius 3 is 1.45 bits per heavy atom. The molecule has 0 saturated carbocycles. The van der Waals surface area contributed by atoms with Crippen molar-refractivity contribution < 1.29 is 0 Å². The summed E-state index contributed by atoms with van der Waals surface area (Å²) in [6.45, 7) is 4.72. The molecule has 3 aliphatic rings. The Labute approximate surface area is 299 Å². The van der Waals surface area contributed by atoms with Crippen molar-refractivity contribution in [3.8, 4) is 33.4 Å². The van der Waals surface area contributed by atoms with Gasteiger partial charge in [0.15, 0.2) is 0 Å². The van der Waals surface area contributed by atoms with Crippen molar-refractivity contribution >= 4 is 27.8 Å². The first-order valence-electron chi connectivity index (χ1n) is 18.0. The van der Waals surface area contributed by atoms with E-state index in [1.54, 1.807) is 0 Å². The molecule has 0 aliphatic heterocycles. The molecule has 3 aliphatic carbocycles. The summed E-state index contributed by atoms with van der Waals surface area (Å²) in [6.07, 6.45) is 0. The molecule has 0 amide bonds. The molecule has 0 radical (unpaired) electrons. The Morgan fingerprint density at radius 2 is 0.804 bits per heavy atom. The average Bonchev–Trinajstić information content (AvgIpc) is 3.73. The van der Waals surface area contributed by atoms with Crippen molar-refractivity contribution in [3.63, 3.8) is 0 Å². The molecule has 0 aromatic heterocycles. The van der Waals surface area contributed by atoms with Gasteiger partial charge in [-0.25, -0.2) is 0 Å². The standard InChI is InChI=1S/C50H35N/c1-49(2)43-20-10-6-16-37(43)41-27-26-36(31-47(41)49)51(34-14-4-3-5-15-34)35-25-24-32-29-42-40-19-9-13-23-46(40)50(48(42)30-33(32)28-35)44-21-11-7-17-38(44)39-18-8-12-22-45(39)50/h3-31H,1-2H3. The number of anilines is 3. The number of para-hydroxylation sites is 1. The van der Waals surface area contributed by atoms with Crippen LogP contribution in [0.4, 0.5) is 17.1 Å². The summed E-state index contributed by atoms with van der Waals surface area (Å²) in [4.78, 5) is 2.43. The van der Waals surface area contributed by atoms with Crippen LogP contribution in [-0.2, 0) is 10.8 Å². The Morgan fingerprint density at radius 1 is 0.314 bits per heavy atom. The first-order valence-corrected chi connectivity index (χ1v) is 18.0. The maximum Gasteiger partial charge on any atom is 0.0725 e. The van der Waals surface area contributed by atoms with E-state index in [2.05, 4.69) is 195 Å². The van der Waals surface area contributed by atoms with Gasteiger partial charge in [0.25, 0.3) is 0 Å². The van der Waals surface area contributed by atoms with E-state index in [1.165, 1.54) is 83.2 Å². The molecular weight excluding hydrogens is 615 g/mol. The molecule has 11 rings (SSSR count). The van der Waals surface area contributed by atoms with Gasteiger partial charge in [0.2, 0.25) is 0 Å². The molecule has 8 aromatic rings. The summed E-state index contributed by atoms with van der Waals surface area (Å²) in [5.74, 6) is 0. The lowest BCUT2D eigenvalue weighted by molar-refractivity contribution is 0.660. The minimum atomic E-state index is -0.358. The Kier molecular flexibility index (Phi) is 5.72. The van der Waals surface area contributed by atoms with E-state index < -0.39 is 0 Å². The highest BCUT2D eigenvalue weighted by molar-refractivity contribution is 6.01. The smallest absolute Gasteiger partial charge is 0.0725 e. The van der Waals surface area contributed by atoms with Crippen LogP contribution >= 0.6 is 0 Å². The van der Waals surface area contributed by atoms with Crippen LogP contribution in [0.5, 0.6) is 0 Å². The van der Waals surface area contributed by atoms with Crippen LogP contribution in [0.2, 0.25) is 0 Å². The summed E-state index contributed by atoms with van der Waals surface area (Å²) in [5.41, 5.74) is 19.3. The molecule has 0 saturated heterocycles. The van der Waals surface area contributed by atoms with Gasteiger partial charge in [-0.1, -0.05) is 141 Å². The summed E-state index contributed by atoms with van der Waals surface area (Å²) >= 11 is 0. The van der Waals surface area contributed by atoms with Crippen LogP contribution < -0.4 is 4.90 Å². The van der Waals surface area contributed by atoms with E-state index in [0.717, 1.165) is 11.4 Å². The molecular formula is C50H35N. The normalized spacial score (nSPS) is 14.8. The van der Waals surface area contributed by atoms with Gasteiger partial charge < -0.3 is 4.90 Å². The van der Waals surface area contributed by atoms with E-state index in [0.29, 0.717) is 0 Å². The number of rotatable bonds is 3. The van der Waals surface area contributed by atoms with E-state index in [4.69, 9.17) is 0 Å². The SMILES string of the molecule is CC1(C)c2ccccc2-c2ccc(N(c3ccccc3)c3ccc4cc5c(cc4c3)C3(c4ccccc4-c4ccccc43)c3ccccc3-5)cc21. The number of hydrogen-bond acceptors (Lipinski definition) is 1. The summed E-state index contributed by atoms with van der Waals surface area (Å²) in [5, 5.41) is 2.50. The minimum absolute atomic E-state index is 0.0780. The second-order valence-corrected chi connectivity index (χ2v) is 14.9. The molecule has 0 atom stereocenters. The van der Waals surface area contributed by atoms with Crippen molar-refractivity contribution in [2.75, 3.05) is 4.90 Å². The van der Waals surface area contributed by atoms with Crippen LogP contribution in [0.1, 0.15) is 47.2 Å². The second kappa shape index (κ2) is 10.2. The van der Waals surface area contributed by atoms with Gasteiger partial charge in [0.1, 0.15) is 0 Å². The lowest BCUT2D eigenvalue weighted by Gasteiger charge is -2.31. The Bertz CT molecular complexity index is 2690. The Hall–Kier alpha value is -6.18. The number of benzene rings is 8. The van der Waals surface area contributed by atoms with Crippen LogP contribution in [0.3, 0.4) is 0 Å². The van der Waals surface area contributed by atoms with Gasteiger partial charge in [0, 0.05) is 22.5 Å². The summed E-state index contributed by atoms with van der Waals surface area (Å²) in [6, 6.07) is 65.9. The highest BCUT2D eigenvalue weighted by atomic mass is 15.1. The van der Waals surface area contributed by atoms with Crippen molar-refractivity contribution in [2.24, 2.45) is 0 Å². The minimum Gasteiger partial charge on any atom is -0.310 e. The predicted molar refractivity (Wildman–Crippen MR) is 212 cm³/mol. The molecule has 51 heavy (non-hydrogen) atoms. The lowest BCUT2D eigenvalue weighted by atomic mass is 9.70. The molecule has 240 valence electrons. The maximum absolute atomic E-state index is 2.50. The topological polar surface area (TPSA) is 3.24 Å². The lowest BCUT2D eigenvalue weighted by Crippen LogP contribution is -2.25. The van der Waals surface area contributed by atoms with Crippen LogP contribution in [0, 0.1) is 0 Å². The zero-order chi connectivity index (χ0) is 33.9. The van der Waals surface area contributed by atoms with E-state index in [9.17, 15) is 0 Å². The van der Waals surface area contributed by atoms with Crippen LogP contribution in [0.15, 0.2) is 176 Å². The highest BCUT2D eigenvalue weighted by Crippen LogP contribution is 2.63. The zero-order valence-electron chi connectivity index (χ0n) is 28.7. The molecule has 0 fully saturated rings. The monoisotopic (exact) mass is 649 g/mol. The third-order valence-corrected chi connectivity index (χ3v) is 12.0. The first-order chi connectivity index (χ1) is 25.0. The number of nitrogens with zero attached hydrogens (tertiary/aromatic N) is 1. The molecule has 1 spiro atoms. The second-order valence-electron chi connectivity index (χ2n) is 14.9. The van der Waals surface area contributed by atoms with Gasteiger partial charge in [-0.3, -0.25) is 0 Å². The fraction of sp³-hybridized carbons (Fsp3) is 0.0800. The van der Waals surface area contributed by atoms with Crippen molar-refractivity contribution in [2.45, 2.75) is 24.7 Å². The third-order valence-electron chi connectivity index (χ3n) is 12.0. The quantitative estimate of drug-likeness (QED) is 0.184. The van der Waals surface area contributed by atoms with Crippen molar-refractivity contribution in [1.82, 2.24) is 0 Å². The van der Waals surface area contributed by atoms with E-state index in [1.807, 2.05) is 0 Å². The first kappa shape index (κ1) is 28.6. The average molecular weight is 650 g/mol. The van der Waals surface area contributed by atoms with Gasteiger partial charge in [-0.15, -0.1) is 0 Å².